The highest BCUT2D eigenvalue weighted by Crippen LogP contribution is 2.28. The van der Waals surface area contributed by atoms with Crippen LogP contribution in [0.4, 0.5) is 11.5 Å². The molecule has 0 saturated carbocycles. The highest BCUT2D eigenvalue weighted by Gasteiger charge is 2.08. The van der Waals surface area contributed by atoms with E-state index in [1.807, 2.05) is 33.3 Å². The van der Waals surface area contributed by atoms with E-state index in [9.17, 15) is 0 Å². The van der Waals surface area contributed by atoms with Gasteiger partial charge in [-0.25, -0.2) is 4.98 Å². The lowest BCUT2D eigenvalue weighted by molar-refractivity contribution is 1.12. The quantitative estimate of drug-likeness (QED) is 0.874. The van der Waals surface area contributed by atoms with Crippen molar-refractivity contribution in [1.82, 2.24) is 9.97 Å². The van der Waals surface area contributed by atoms with Crippen LogP contribution in [0, 0.1) is 0 Å². The second-order valence-electron chi connectivity index (χ2n) is 3.95. The number of rotatable bonds is 3. The summed E-state index contributed by atoms with van der Waals surface area (Å²) >= 11 is 0. The maximum Gasteiger partial charge on any atom is 0.144 e. The molecule has 4 heteroatoms. The van der Waals surface area contributed by atoms with E-state index in [0.29, 0.717) is 0 Å². The average molecular weight is 228 g/mol. The Kier molecular flexibility index (Phi) is 3.23. The van der Waals surface area contributed by atoms with Gasteiger partial charge in [0.1, 0.15) is 5.82 Å². The Morgan fingerprint density at radius 2 is 1.88 bits per heavy atom. The first-order valence-electron chi connectivity index (χ1n) is 5.49. The second kappa shape index (κ2) is 4.82. The van der Waals surface area contributed by atoms with Crippen molar-refractivity contribution < 1.29 is 0 Å². The van der Waals surface area contributed by atoms with E-state index in [2.05, 4.69) is 32.3 Å². The van der Waals surface area contributed by atoms with E-state index < -0.39 is 0 Å². The number of aromatic nitrogens is 2. The van der Waals surface area contributed by atoms with Gasteiger partial charge in [0.2, 0.25) is 0 Å². The molecule has 1 aromatic heterocycles. The molecule has 2 aromatic rings. The van der Waals surface area contributed by atoms with Gasteiger partial charge in [-0.3, -0.25) is 4.98 Å². The summed E-state index contributed by atoms with van der Waals surface area (Å²) in [4.78, 5) is 10.8. The van der Waals surface area contributed by atoms with Gasteiger partial charge in [-0.05, 0) is 6.07 Å². The van der Waals surface area contributed by atoms with Crippen molar-refractivity contribution in [2.24, 2.45) is 0 Å². The van der Waals surface area contributed by atoms with Crippen molar-refractivity contribution in [3.8, 4) is 11.3 Å². The standard InChI is InChI=1S/C13H16N4/c1-14-13-9-15-8-11(16-13)10-6-4-5-7-12(10)17(2)3/h4-9H,1-3H3,(H,14,16). The number of nitrogens with zero attached hydrogens (tertiary/aromatic N) is 3. The van der Waals surface area contributed by atoms with Crippen LogP contribution in [0.25, 0.3) is 11.3 Å². The smallest absolute Gasteiger partial charge is 0.144 e. The fourth-order valence-electron chi connectivity index (χ4n) is 1.70. The van der Waals surface area contributed by atoms with Crippen molar-refractivity contribution >= 4 is 11.5 Å². The molecular weight excluding hydrogens is 212 g/mol. The number of para-hydroxylation sites is 1. The van der Waals surface area contributed by atoms with E-state index in [1.165, 1.54) is 0 Å². The van der Waals surface area contributed by atoms with Gasteiger partial charge in [0.25, 0.3) is 0 Å². The fourth-order valence-corrected chi connectivity index (χ4v) is 1.70. The van der Waals surface area contributed by atoms with Crippen LogP contribution in [0.5, 0.6) is 0 Å². The minimum Gasteiger partial charge on any atom is -0.377 e. The molecule has 0 aliphatic rings. The van der Waals surface area contributed by atoms with Gasteiger partial charge >= 0.3 is 0 Å². The molecule has 17 heavy (non-hydrogen) atoms. The highest BCUT2D eigenvalue weighted by atomic mass is 15.1. The number of hydrogen-bond donors (Lipinski definition) is 1. The van der Waals surface area contributed by atoms with Crippen LogP contribution < -0.4 is 10.2 Å². The summed E-state index contributed by atoms with van der Waals surface area (Å²) in [5.41, 5.74) is 3.10. The number of anilines is 2. The third-order valence-corrected chi connectivity index (χ3v) is 2.55. The molecule has 2 rings (SSSR count). The minimum absolute atomic E-state index is 0.774. The van der Waals surface area contributed by atoms with Crippen LogP contribution >= 0.6 is 0 Å². The van der Waals surface area contributed by atoms with Crippen LogP contribution in [0.3, 0.4) is 0 Å². The third-order valence-electron chi connectivity index (χ3n) is 2.55. The number of hydrogen-bond acceptors (Lipinski definition) is 4. The zero-order chi connectivity index (χ0) is 12.3. The number of nitrogens with one attached hydrogen (secondary N) is 1. The van der Waals surface area contributed by atoms with Gasteiger partial charge in [0.15, 0.2) is 0 Å². The Balaban J connectivity index is 2.52. The summed E-state index contributed by atoms with van der Waals surface area (Å²) in [7, 11) is 5.88. The molecule has 0 aliphatic heterocycles. The Labute approximate surface area is 101 Å². The molecule has 0 spiro atoms. The normalized spacial score (nSPS) is 10.1. The molecule has 0 bridgehead atoms. The highest BCUT2D eigenvalue weighted by molar-refractivity contribution is 5.76. The minimum atomic E-state index is 0.774. The van der Waals surface area contributed by atoms with E-state index in [-0.39, 0.29) is 0 Å². The SMILES string of the molecule is CNc1cncc(-c2ccccc2N(C)C)n1. The van der Waals surface area contributed by atoms with Crippen molar-refractivity contribution in [2.75, 3.05) is 31.4 Å². The van der Waals surface area contributed by atoms with E-state index in [4.69, 9.17) is 0 Å². The second-order valence-corrected chi connectivity index (χ2v) is 3.95. The summed E-state index contributed by atoms with van der Waals surface area (Å²) in [5.74, 6) is 0.774. The molecule has 0 amide bonds. The molecule has 1 N–H and O–H groups in total. The first-order chi connectivity index (χ1) is 8.22. The zero-order valence-electron chi connectivity index (χ0n) is 10.3. The first kappa shape index (κ1) is 11.4. The Bertz CT molecular complexity index is 508. The van der Waals surface area contributed by atoms with Gasteiger partial charge in [-0.1, -0.05) is 18.2 Å². The maximum atomic E-state index is 4.50. The molecular formula is C13H16N4. The van der Waals surface area contributed by atoms with Gasteiger partial charge in [-0.15, -0.1) is 0 Å². The predicted octanol–water partition coefficient (Wildman–Crippen LogP) is 2.25. The van der Waals surface area contributed by atoms with Gasteiger partial charge < -0.3 is 10.2 Å². The summed E-state index contributed by atoms with van der Waals surface area (Å²) in [6.07, 6.45) is 3.49. The van der Waals surface area contributed by atoms with Crippen molar-refractivity contribution in [1.29, 1.82) is 0 Å². The molecule has 1 heterocycles. The summed E-state index contributed by atoms with van der Waals surface area (Å²) in [6.45, 7) is 0. The van der Waals surface area contributed by atoms with Gasteiger partial charge in [-0.2, -0.15) is 0 Å². The molecule has 0 fully saturated rings. The lowest BCUT2D eigenvalue weighted by Gasteiger charge is -2.16. The third kappa shape index (κ3) is 2.36. The Morgan fingerprint density at radius 1 is 1.12 bits per heavy atom. The van der Waals surface area contributed by atoms with Gasteiger partial charge in [0, 0.05) is 32.4 Å². The lowest BCUT2D eigenvalue weighted by atomic mass is 10.1. The van der Waals surface area contributed by atoms with Crippen LogP contribution in [0.15, 0.2) is 36.7 Å². The van der Waals surface area contributed by atoms with Crippen LogP contribution in [-0.2, 0) is 0 Å². The molecule has 88 valence electrons. The molecule has 1 aromatic carbocycles. The lowest BCUT2D eigenvalue weighted by Crippen LogP contribution is -2.10. The number of benzene rings is 1. The van der Waals surface area contributed by atoms with Crippen LogP contribution in [0.1, 0.15) is 0 Å². The predicted molar refractivity (Wildman–Crippen MR) is 71.3 cm³/mol. The summed E-state index contributed by atoms with van der Waals surface area (Å²) < 4.78 is 0. The van der Waals surface area contributed by atoms with Crippen molar-refractivity contribution in [3.05, 3.63) is 36.7 Å². The molecule has 0 saturated heterocycles. The van der Waals surface area contributed by atoms with Crippen molar-refractivity contribution in [2.45, 2.75) is 0 Å². The summed E-state index contributed by atoms with van der Waals surface area (Å²) in [6, 6.07) is 8.16. The molecule has 0 radical (unpaired) electrons. The van der Waals surface area contributed by atoms with E-state index >= 15 is 0 Å². The van der Waals surface area contributed by atoms with Gasteiger partial charge in [0.05, 0.1) is 18.1 Å². The molecule has 0 atom stereocenters. The van der Waals surface area contributed by atoms with E-state index in [1.54, 1.807) is 12.4 Å². The summed E-state index contributed by atoms with van der Waals surface area (Å²) in [5, 5.41) is 3.00. The Morgan fingerprint density at radius 3 is 2.59 bits per heavy atom. The monoisotopic (exact) mass is 228 g/mol. The molecule has 0 unspecified atom stereocenters. The maximum absolute atomic E-state index is 4.50. The van der Waals surface area contributed by atoms with Crippen LogP contribution in [-0.4, -0.2) is 31.1 Å². The van der Waals surface area contributed by atoms with Crippen LogP contribution in [0.2, 0.25) is 0 Å². The average Bonchev–Trinajstić information content (AvgIpc) is 2.39. The van der Waals surface area contributed by atoms with E-state index in [0.717, 1.165) is 22.8 Å². The largest absolute Gasteiger partial charge is 0.377 e. The first-order valence-corrected chi connectivity index (χ1v) is 5.49. The Hall–Kier alpha value is -2.10. The zero-order valence-corrected chi connectivity index (χ0v) is 10.3. The fraction of sp³-hybridized carbons (Fsp3) is 0.231. The molecule has 0 aliphatic carbocycles. The van der Waals surface area contributed by atoms with Crippen molar-refractivity contribution in [3.63, 3.8) is 0 Å². The molecule has 4 nitrogen and oxygen atoms in total. The topological polar surface area (TPSA) is 41.1 Å².